The molecule has 31 heavy (non-hydrogen) atoms. The number of likely N-dealkylation sites (N-methyl/N-ethyl adjacent to an activating group) is 1. The predicted molar refractivity (Wildman–Crippen MR) is 106 cm³/mol. The van der Waals surface area contributed by atoms with Crippen molar-refractivity contribution in [2.45, 2.75) is 6.54 Å². The molecule has 1 amide bonds. The number of nitro benzene ring substituents is 1. The zero-order valence-electron chi connectivity index (χ0n) is 16.7. The van der Waals surface area contributed by atoms with Gasteiger partial charge in [-0.15, -0.1) is 0 Å². The summed E-state index contributed by atoms with van der Waals surface area (Å²) in [5.74, 6) is -3.28. The maximum absolute atomic E-state index is 14.2. The van der Waals surface area contributed by atoms with Crippen molar-refractivity contribution in [2.75, 3.05) is 21.3 Å². The van der Waals surface area contributed by atoms with Crippen molar-refractivity contribution < 1.29 is 33.8 Å². The van der Waals surface area contributed by atoms with Crippen LogP contribution in [0.2, 0.25) is 0 Å². The zero-order valence-corrected chi connectivity index (χ0v) is 16.7. The summed E-state index contributed by atoms with van der Waals surface area (Å²) in [7, 11) is 3.80. The topological polar surface area (TPSA) is 146 Å². The van der Waals surface area contributed by atoms with Gasteiger partial charge in [-0.3, -0.25) is 14.9 Å². The van der Waals surface area contributed by atoms with Crippen molar-refractivity contribution in [3.63, 3.8) is 0 Å². The average Bonchev–Trinajstić information content (AvgIpc) is 2.75. The van der Waals surface area contributed by atoms with Gasteiger partial charge in [-0.1, -0.05) is 6.07 Å². The number of phenolic OH excluding ortho intramolecular Hbond substituents is 1. The lowest BCUT2D eigenvalue weighted by Gasteiger charge is -2.18. The summed E-state index contributed by atoms with van der Waals surface area (Å²) in [6.07, 6.45) is 0. The SMILES string of the molecule is COc1ccc(CN(C)C(=O)/C(C#N)=C(\O)c2cc(OC)c(O)c([N+](=O)[O-])c2)c(F)c1. The van der Waals surface area contributed by atoms with Gasteiger partial charge in [0.05, 0.1) is 19.1 Å². The van der Waals surface area contributed by atoms with Crippen LogP contribution in [-0.4, -0.2) is 47.2 Å². The van der Waals surface area contributed by atoms with Gasteiger partial charge in [0, 0.05) is 36.9 Å². The van der Waals surface area contributed by atoms with Crippen LogP contribution in [0, 0.1) is 27.3 Å². The highest BCUT2D eigenvalue weighted by molar-refractivity contribution is 6.03. The van der Waals surface area contributed by atoms with Crippen LogP contribution in [0.15, 0.2) is 35.9 Å². The average molecular weight is 431 g/mol. The van der Waals surface area contributed by atoms with Crippen LogP contribution in [0.5, 0.6) is 17.2 Å². The second kappa shape index (κ2) is 9.45. The fourth-order valence-electron chi connectivity index (χ4n) is 2.67. The summed E-state index contributed by atoms with van der Waals surface area (Å²) in [5.41, 5.74) is -1.69. The van der Waals surface area contributed by atoms with E-state index in [1.165, 1.54) is 26.3 Å². The Bertz CT molecular complexity index is 1110. The highest BCUT2D eigenvalue weighted by Crippen LogP contribution is 2.38. The van der Waals surface area contributed by atoms with Crippen molar-refractivity contribution in [3.05, 3.63) is 63.0 Å². The number of nitrogens with zero attached hydrogens (tertiary/aromatic N) is 3. The first kappa shape index (κ1) is 23.0. The Balaban J connectivity index is 2.43. The van der Waals surface area contributed by atoms with Gasteiger partial charge in [-0.2, -0.15) is 5.26 Å². The number of aliphatic hydroxyl groups excluding tert-OH is 1. The molecule has 0 aliphatic heterocycles. The van der Waals surface area contributed by atoms with E-state index in [1.807, 2.05) is 0 Å². The van der Waals surface area contributed by atoms with Crippen LogP contribution in [0.25, 0.3) is 5.76 Å². The summed E-state index contributed by atoms with van der Waals surface area (Å²) in [6, 6.07) is 7.41. The summed E-state index contributed by atoms with van der Waals surface area (Å²) in [5, 5.41) is 40.8. The molecule has 162 valence electrons. The van der Waals surface area contributed by atoms with Crippen molar-refractivity contribution >= 4 is 17.4 Å². The van der Waals surface area contributed by atoms with Crippen molar-refractivity contribution in [2.24, 2.45) is 0 Å². The number of nitriles is 1. The van der Waals surface area contributed by atoms with Crippen LogP contribution in [0.4, 0.5) is 10.1 Å². The van der Waals surface area contributed by atoms with Gasteiger partial charge in [-0.05, 0) is 12.1 Å². The highest BCUT2D eigenvalue weighted by atomic mass is 19.1. The number of ether oxygens (including phenoxy) is 2. The Morgan fingerprint density at radius 3 is 2.48 bits per heavy atom. The number of hydrogen-bond donors (Lipinski definition) is 2. The molecule has 0 aliphatic rings. The lowest BCUT2D eigenvalue weighted by Crippen LogP contribution is -2.28. The van der Waals surface area contributed by atoms with Gasteiger partial charge >= 0.3 is 5.69 Å². The van der Waals surface area contributed by atoms with Crippen molar-refractivity contribution in [1.82, 2.24) is 4.90 Å². The summed E-state index contributed by atoms with van der Waals surface area (Å²) < 4.78 is 23.9. The third-order valence-electron chi connectivity index (χ3n) is 4.32. The number of amides is 1. The molecular formula is C20H18FN3O7. The lowest BCUT2D eigenvalue weighted by molar-refractivity contribution is -0.386. The van der Waals surface area contributed by atoms with E-state index in [0.717, 1.165) is 30.2 Å². The van der Waals surface area contributed by atoms with E-state index in [1.54, 1.807) is 6.07 Å². The number of benzene rings is 2. The molecule has 0 radical (unpaired) electrons. The summed E-state index contributed by atoms with van der Waals surface area (Å²) in [4.78, 5) is 23.9. The quantitative estimate of drug-likeness (QED) is 0.224. The van der Waals surface area contributed by atoms with E-state index >= 15 is 0 Å². The van der Waals surface area contributed by atoms with E-state index in [0.29, 0.717) is 0 Å². The van der Waals surface area contributed by atoms with E-state index in [2.05, 4.69) is 0 Å². The number of halogens is 1. The minimum absolute atomic E-state index is 0.135. The Morgan fingerprint density at radius 2 is 1.97 bits per heavy atom. The van der Waals surface area contributed by atoms with E-state index in [9.17, 15) is 34.8 Å². The first-order valence-electron chi connectivity index (χ1n) is 8.61. The number of carbonyl (C=O) groups is 1. The molecule has 2 aromatic rings. The van der Waals surface area contributed by atoms with Crippen LogP contribution < -0.4 is 9.47 Å². The van der Waals surface area contributed by atoms with Crippen molar-refractivity contribution in [1.29, 1.82) is 5.26 Å². The van der Waals surface area contributed by atoms with Gasteiger partial charge in [0.25, 0.3) is 5.91 Å². The smallest absolute Gasteiger partial charge is 0.315 e. The fourth-order valence-corrected chi connectivity index (χ4v) is 2.67. The fraction of sp³-hybridized carbons (Fsp3) is 0.200. The summed E-state index contributed by atoms with van der Waals surface area (Å²) in [6.45, 7) is -0.230. The molecule has 0 heterocycles. The van der Waals surface area contributed by atoms with Crippen molar-refractivity contribution in [3.8, 4) is 23.3 Å². The van der Waals surface area contributed by atoms with Gasteiger partial charge in [-0.25, -0.2) is 4.39 Å². The molecule has 0 unspecified atom stereocenters. The second-order valence-electron chi connectivity index (χ2n) is 6.26. The Labute approximate surface area is 176 Å². The van der Waals surface area contributed by atoms with Gasteiger partial charge in [0.15, 0.2) is 11.3 Å². The molecule has 0 fully saturated rings. The van der Waals surface area contributed by atoms with E-state index in [4.69, 9.17) is 9.47 Å². The number of aliphatic hydroxyl groups is 1. The molecule has 0 saturated carbocycles. The summed E-state index contributed by atoms with van der Waals surface area (Å²) >= 11 is 0. The minimum Gasteiger partial charge on any atom is -0.506 e. The predicted octanol–water partition coefficient (Wildman–Crippen LogP) is 2.91. The minimum atomic E-state index is -0.954. The standard InChI is InChI=1S/C20H18FN3O7/c1-23(10-11-4-5-13(30-2)8-15(11)21)20(27)14(9-22)18(25)12-6-16(24(28)29)19(26)17(7-12)31-3/h4-8,25-26H,10H2,1-3H3/b18-14-. The molecule has 0 spiro atoms. The highest BCUT2D eigenvalue weighted by Gasteiger charge is 2.26. The third-order valence-corrected chi connectivity index (χ3v) is 4.32. The zero-order chi connectivity index (χ0) is 23.3. The number of phenols is 1. The molecule has 10 nitrogen and oxygen atoms in total. The molecule has 11 heteroatoms. The molecule has 2 N–H and O–H groups in total. The van der Waals surface area contributed by atoms with Gasteiger partial charge in [0.1, 0.15) is 23.4 Å². The third kappa shape index (κ3) is 4.81. The second-order valence-corrected chi connectivity index (χ2v) is 6.26. The van der Waals surface area contributed by atoms with Crippen LogP contribution in [0.3, 0.4) is 0 Å². The Morgan fingerprint density at radius 1 is 1.29 bits per heavy atom. The monoisotopic (exact) mass is 431 g/mol. The number of rotatable bonds is 7. The number of hydrogen-bond acceptors (Lipinski definition) is 8. The van der Waals surface area contributed by atoms with Gasteiger partial charge < -0.3 is 24.6 Å². The lowest BCUT2D eigenvalue weighted by atomic mass is 10.1. The first-order valence-corrected chi connectivity index (χ1v) is 8.61. The normalized spacial score (nSPS) is 11.2. The molecule has 0 atom stereocenters. The largest absolute Gasteiger partial charge is 0.506 e. The van der Waals surface area contributed by atoms with Crippen LogP contribution in [-0.2, 0) is 11.3 Å². The van der Waals surface area contributed by atoms with E-state index in [-0.39, 0.29) is 29.2 Å². The van der Waals surface area contributed by atoms with Crippen LogP contribution >= 0.6 is 0 Å². The molecule has 2 aromatic carbocycles. The first-order chi connectivity index (χ1) is 14.6. The van der Waals surface area contributed by atoms with Crippen LogP contribution in [0.1, 0.15) is 11.1 Å². The van der Waals surface area contributed by atoms with E-state index < -0.39 is 39.4 Å². The van der Waals surface area contributed by atoms with Gasteiger partial charge in [0.2, 0.25) is 5.75 Å². The molecule has 0 bridgehead atoms. The molecule has 2 rings (SSSR count). The number of methoxy groups -OCH3 is 2. The number of nitro groups is 1. The maximum atomic E-state index is 14.2. The molecule has 0 aromatic heterocycles. The maximum Gasteiger partial charge on any atom is 0.315 e. The Kier molecular flexibility index (Phi) is 6.99. The molecule has 0 saturated heterocycles. The number of carbonyl (C=O) groups excluding carboxylic acids is 1. The molecular weight excluding hydrogens is 413 g/mol. The Hall–Kier alpha value is -4.33. The molecule has 0 aliphatic carbocycles. The number of aromatic hydroxyl groups is 1.